The Balaban J connectivity index is 1.90. The van der Waals surface area contributed by atoms with Crippen LogP contribution in [0.5, 0.6) is 5.75 Å². The van der Waals surface area contributed by atoms with Crippen LogP contribution >= 0.6 is 0 Å². The Morgan fingerprint density at radius 3 is 2.58 bits per heavy atom. The maximum atomic E-state index is 11.9. The summed E-state index contributed by atoms with van der Waals surface area (Å²) in [4.78, 5) is 16.8. The molecule has 4 nitrogen and oxygen atoms in total. The molecule has 0 aliphatic heterocycles. The van der Waals surface area contributed by atoms with Gasteiger partial charge in [-0.3, -0.25) is 9.69 Å². The molecule has 0 atom stereocenters. The quantitative estimate of drug-likeness (QED) is 0.809. The summed E-state index contributed by atoms with van der Waals surface area (Å²) < 4.78 is 5.12. The van der Waals surface area contributed by atoms with Crippen LogP contribution < -0.4 is 4.74 Å². The number of aromatic nitrogens is 1. The zero-order valence-electron chi connectivity index (χ0n) is 11.2. The summed E-state index contributed by atoms with van der Waals surface area (Å²) in [5.41, 5.74) is 1.81. The number of ether oxygens (including phenoxy) is 1. The van der Waals surface area contributed by atoms with Crippen molar-refractivity contribution >= 4 is 5.78 Å². The summed E-state index contributed by atoms with van der Waals surface area (Å²) in [5, 5.41) is 0. The summed E-state index contributed by atoms with van der Waals surface area (Å²) in [6.07, 6.45) is 1.76. The molecule has 0 unspecified atom stereocenters. The van der Waals surface area contributed by atoms with Crippen molar-refractivity contribution in [1.29, 1.82) is 0 Å². The molecule has 0 radical (unpaired) electrons. The van der Waals surface area contributed by atoms with Crippen molar-refractivity contribution in [2.75, 3.05) is 20.7 Å². The highest BCUT2D eigenvalue weighted by atomic mass is 16.5. The van der Waals surface area contributed by atoms with E-state index >= 15 is 0 Å². The third-order valence-corrected chi connectivity index (χ3v) is 2.92. The fourth-order valence-electron chi connectivity index (χ4n) is 1.93. The number of hydrogen-bond acceptors (Lipinski definition) is 3. The van der Waals surface area contributed by atoms with E-state index < -0.39 is 0 Å². The Morgan fingerprint density at radius 1 is 1.26 bits per heavy atom. The van der Waals surface area contributed by atoms with Gasteiger partial charge in [0.25, 0.3) is 0 Å². The van der Waals surface area contributed by atoms with Gasteiger partial charge in [-0.2, -0.15) is 0 Å². The monoisotopic (exact) mass is 258 g/mol. The number of nitrogens with one attached hydrogen (secondary N) is 1. The molecule has 0 spiro atoms. The summed E-state index contributed by atoms with van der Waals surface area (Å²) in [6, 6.07) is 11.5. The molecular weight excluding hydrogens is 240 g/mol. The van der Waals surface area contributed by atoms with Gasteiger partial charge < -0.3 is 9.72 Å². The molecule has 0 saturated heterocycles. The van der Waals surface area contributed by atoms with Gasteiger partial charge in [0.2, 0.25) is 0 Å². The zero-order chi connectivity index (χ0) is 13.7. The Hall–Kier alpha value is -2.07. The number of aromatic amines is 1. The van der Waals surface area contributed by atoms with Crippen molar-refractivity contribution in [3.63, 3.8) is 0 Å². The topological polar surface area (TPSA) is 45.3 Å². The third kappa shape index (κ3) is 3.69. The van der Waals surface area contributed by atoms with E-state index in [1.165, 1.54) is 0 Å². The number of likely N-dealkylation sites (N-methyl/N-ethyl adjacent to an activating group) is 1. The fraction of sp³-hybridized carbons (Fsp3) is 0.267. The molecule has 2 rings (SSSR count). The third-order valence-electron chi connectivity index (χ3n) is 2.92. The first-order valence-electron chi connectivity index (χ1n) is 6.17. The maximum absolute atomic E-state index is 11.9. The number of carbonyl (C=O) groups excluding carboxylic acids is 1. The number of H-pyrrole nitrogens is 1. The van der Waals surface area contributed by atoms with Crippen molar-refractivity contribution in [2.45, 2.75) is 6.54 Å². The number of hydrogen-bond donors (Lipinski definition) is 1. The molecule has 1 aromatic carbocycles. The van der Waals surface area contributed by atoms with Gasteiger partial charge >= 0.3 is 0 Å². The first-order valence-corrected chi connectivity index (χ1v) is 6.17. The predicted octanol–water partition coefficient (Wildman–Crippen LogP) is 2.34. The van der Waals surface area contributed by atoms with Gasteiger partial charge in [0.05, 0.1) is 19.3 Å². The number of methoxy groups -OCH3 is 1. The van der Waals surface area contributed by atoms with Gasteiger partial charge in [-0.05, 0) is 36.9 Å². The fourth-order valence-corrected chi connectivity index (χ4v) is 1.93. The molecule has 0 amide bonds. The van der Waals surface area contributed by atoms with Crippen LogP contribution in [0.4, 0.5) is 0 Å². The highest BCUT2D eigenvalue weighted by molar-refractivity contribution is 5.95. The highest BCUT2D eigenvalue weighted by Crippen LogP contribution is 2.12. The molecule has 1 aromatic heterocycles. The van der Waals surface area contributed by atoms with Gasteiger partial charge in [-0.15, -0.1) is 0 Å². The second-order valence-corrected chi connectivity index (χ2v) is 4.53. The minimum absolute atomic E-state index is 0.0982. The second-order valence-electron chi connectivity index (χ2n) is 4.53. The number of carbonyl (C=O) groups is 1. The molecule has 0 fully saturated rings. The largest absolute Gasteiger partial charge is 0.497 e. The van der Waals surface area contributed by atoms with Gasteiger partial charge in [-0.25, -0.2) is 0 Å². The Morgan fingerprint density at radius 2 is 2.00 bits per heavy atom. The molecule has 0 aliphatic carbocycles. The molecule has 19 heavy (non-hydrogen) atoms. The lowest BCUT2D eigenvalue weighted by molar-refractivity contribution is 0.0938. The van der Waals surface area contributed by atoms with Gasteiger partial charge in [-0.1, -0.05) is 12.1 Å². The van der Waals surface area contributed by atoms with Gasteiger partial charge in [0.1, 0.15) is 5.75 Å². The average molecular weight is 258 g/mol. The van der Waals surface area contributed by atoms with E-state index in [9.17, 15) is 4.79 Å². The zero-order valence-corrected chi connectivity index (χ0v) is 11.2. The lowest BCUT2D eigenvalue weighted by Crippen LogP contribution is -2.25. The van der Waals surface area contributed by atoms with Crippen LogP contribution in [0.15, 0.2) is 42.6 Å². The van der Waals surface area contributed by atoms with Crippen molar-refractivity contribution < 1.29 is 9.53 Å². The number of nitrogens with zero attached hydrogens (tertiary/aromatic N) is 1. The van der Waals surface area contributed by atoms with Crippen LogP contribution in [0, 0.1) is 0 Å². The Kier molecular flexibility index (Phi) is 4.36. The maximum Gasteiger partial charge on any atom is 0.192 e. The van der Waals surface area contributed by atoms with Crippen molar-refractivity contribution in [3.8, 4) is 5.75 Å². The SMILES string of the molecule is COc1ccc(CN(C)CC(=O)c2ccc[nH]2)cc1. The lowest BCUT2D eigenvalue weighted by Gasteiger charge is -2.15. The van der Waals surface area contributed by atoms with Crippen molar-refractivity contribution in [1.82, 2.24) is 9.88 Å². The standard InChI is InChI=1S/C15H18N2O2/c1-17(11-15(18)14-4-3-9-16-14)10-12-5-7-13(19-2)8-6-12/h3-9,16H,10-11H2,1-2H3. The molecule has 100 valence electrons. The lowest BCUT2D eigenvalue weighted by atomic mass is 10.2. The summed E-state index contributed by atoms with van der Waals surface area (Å²) in [5.74, 6) is 0.940. The van der Waals surface area contributed by atoms with E-state index in [0.29, 0.717) is 12.2 Å². The minimum atomic E-state index is 0.0982. The second kappa shape index (κ2) is 6.20. The molecular formula is C15H18N2O2. The van der Waals surface area contributed by atoms with E-state index in [4.69, 9.17) is 4.74 Å². The Bertz CT molecular complexity index is 518. The number of Topliss-reactive ketones (excluding diaryl/α,β-unsaturated/α-hetero) is 1. The Labute approximate surface area is 113 Å². The first-order chi connectivity index (χ1) is 9.19. The van der Waals surface area contributed by atoms with Crippen LogP contribution in [0.3, 0.4) is 0 Å². The van der Waals surface area contributed by atoms with Gasteiger partial charge in [0.15, 0.2) is 5.78 Å². The highest BCUT2D eigenvalue weighted by Gasteiger charge is 2.10. The number of benzene rings is 1. The minimum Gasteiger partial charge on any atom is -0.497 e. The smallest absolute Gasteiger partial charge is 0.192 e. The summed E-state index contributed by atoms with van der Waals surface area (Å²) in [7, 11) is 3.58. The van der Waals surface area contributed by atoms with E-state index in [1.54, 1.807) is 19.4 Å². The number of rotatable bonds is 6. The van der Waals surface area contributed by atoms with Crippen molar-refractivity contribution in [3.05, 3.63) is 53.9 Å². The molecule has 4 heteroatoms. The van der Waals surface area contributed by atoms with Crippen LogP contribution in [0.25, 0.3) is 0 Å². The van der Waals surface area contributed by atoms with Gasteiger partial charge in [0, 0.05) is 12.7 Å². The predicted molar refractivity (Wildman–Crippen MR) is 74.5 cm³/mol. The van der Waals surface area contributed by atoms with Crippen LogP contribution in [0.1, 0.15) is 16.1 Å². The molecule has 1 heterocycles. The molecule has 1 N–H and O–H groups in total. The van der Waals surface area contributed by atoms with E-state index in [1.807, 2.05) is 42.3 Å². The van der Waals surface area contributed by atoms with E-state index in [0.717, 1.165) is 17.9 Å². The summed E-state index contributed by atoms with van der Waals surface area (Å²) >= 11 is 0. The number of ketones is 1. The first kappa shape index (κ1) is 13.4. The molecule has 0 aliphatic rings. The van der Waals surface area contributed by atoms with Crippen LogP contribution in [-0.4, -0.2) is 36.4 Å². The van der Waals surface area contributed by atoms with E-state index in [-0.39, 0.29) is 5.78 Å². The average Bonchev–Trinajstić information content (AvgIpc) is 2.93. The molecule has 0 bridgehead atoms. The van der Waals surface area contributed by atoms with Crippen LogP contribution in [0.2, 0.25) is 0 Å². The molecule has 2 aromatic rings. The van der Waals surface area contributed by atoms with E-state index in [2.05, 4.69) is 4.98 Å². The summed E-state index contributed by atoms with van der Waals surface area (Å²) in [6.45, 7) is 1.13. The van der Waals surface area contributed by atoms with Crippen LogP contribution in [-0.2, 0) is 6.54 Å². The normalized spacial score (nSPS) is 10.7. The molecule has 0 saturated carbocycles. The van der Waals surface area contributed by atoms with Crippen molar-refractivity contribution in [2.24, 2.45) is 0 Å².